The van der Waals surface area contributed by atoms with Gasteiger partial charge in [0.2, 0.25) is 0 Å². The van der Waals surface area contributed by atoms with Crippen LogP contribution in [0.25, 0.3) is 5.57 Å². The van der Waals surface area contributed by atoms with Gasteiger partial charge in [0.1, 0.15) is 0 Å². The summed E-state index contributed by atoms with van der Waals surface area (Å²) in [5.74, 6) is 0.775. The van der Waals surface area contributed by atoms with Crippen molar-refractivity contribution in [1.82, 2.24) is 5.01 Å². The van der Waals surface area contributed by atoms with Crippen LogP contribution >= 0.6 is 0 Å². The van der Waals surface area contributed by atoms with Gasteiger partial charge >= 0.3 is 0 Å². The summed E-state index contributed by atoms with van der Waals surface area (Å²) >= 11 is 0. The zero-order chi connectivity index (χ0) is 16.1. The van der Waals surface area contributed by atoms with Gasteiger partial charge in [-0.05, 0) is 49.3 Å². The average Bonchev–Trinajstić information content (AvgIpc) is 2.52. The Kier molecular flexibility index (Phi) is 5.59. The molecule has 1 aliphatic rings. The zero-order valence-corrected chi connectivity index (χ0v) is 14.2. The van der Waals surface area contributed by atoms with E-state index >= 15 is 0 Å². The third kappa shape index (κ3) is 4.09. The Balaban J connectivity index is 2.12. The SMILES string of the molecule is C=NN(/C=C(\C)C(=C)c1ccc(C)cc1)C1CCCC(C)C1. The van der Waals surface area contributed by atoms with Crippen LogP contribution in [0.3, 0.4) is 0 Å². The maximum absolute atomic E-state index is 4.24. The highest BCUT2D eigenvalue weighted by Crippen LogP contribution is 2.29. The number of allylic oxidation sites excluding steroid dienone is 2. The van der Waals surface area contributed by atoms with Crippen LogP contribution in [0.2, 0.25) is 0 Å². The molecule has 0 bridgehead atoms. The lowest BCUT2D eigenvalue weighted by Crippen LogP contribution is -2.31. The van der Waals surface area contributed by atoms with Gasteiger partial charge in [0, 0.05) is 12.9 Å². The number of aryl methyl sites for hydroxylation is 1. The number of hydrogen-bond donors (Lipinski definition) is 0. The molecule has 0 radical (unpaired) electrons. The Morgan fingerprint density at radius 3 is 2.55 bits per heavy atom. The lowest BCUT2D eigenvalue weighted by Gasteiger charge is -2.33. The third-order valence-corrected chi connectivity index (χ3v) is 4.65. The first-order valence-electron chi connectivity index (χ1n) is 8.21. The molecule has 0 amide bonds. The van der Waals surface area contributed by atoms with Gasteiger partial charge in [0.25, 0.3) is 0 Å². The maximum atomic E-state index is 4.24. The van der Waals surface area contributed by atoms with Gasteiger partial charge in [0.15, 0.2) is 0 Å². The molecule has 1 fully saturated rings. The molecule has 0 aromatic heterocycles. The van der Waals surface area contributed by atoms with E-state index in [0.717, 1.165) is 17.1 Å². The summed E-state index contributed by atoms with van der Waals surface area (Å²) in [7, 11) is 0. The van der Waals surface area contributed by atoms with Crippen molar-refractivity contribution < 1.29 is 0 Å². The van der Waals surface area contributed by atoms with E-state index in [-0.39, 0.29) is 0 Å². The van der Waals surface area contributed by atoms with Crippen molar-refractivity contribution in [2.24, 2.45) is 11.0 Å². The minimum atomic E-state index is 0.474. The Hall–Kier alpha value is -1.83. The van der Waals surface area contributed by atoms with E-state index in [1.807, 2.05) is 5.01 Å². The van der Waals surface area contributed by atoms with Gasteiger partial charge < -0.3 is 0 Å². The molecule has 22 heavy (non-hydrogen) atoms. The summed E-state index contributed by atoms with van der Waals surface area (Å²) in [5.41, 5.74) is 4.64. The number of nitrogens with zero attached hydrogens (tertiary/aromatic N) is 2. The van der Waals surface area contributed by atoms with E-state index in [1.54, 1.807) is 0 Å². The number of benzene rings is 1. The molecule has 0 N–H and O–H groups in total. The van der Waals surface area contributed by atoms with Crippen molar-refractivity contribution in [2.45, 2.75) is 52.5 Å². The minimum Gasteiger partial charge on any atom is -0.270 e. The standard InChI is InChI=1S/C20H28N2/c1-15-9-11-19(12-10-15)18(4)17(3)14-22(21-5)20-8-6-7-16(2)13-20/h9-12,14,16,20H,4-8,13H2,1-3H3/b17-14+. The first-order chi connectivity index (χ1) is 10.5. The summed E-state index contributed by atoms with van der Waals surface area (Å²) in [5, 5.41) is 6.29. The third-order valence-electron chi connectivity index (χ3n) is 4.65. The lowest BCUT2D eigenvalue weighted by molar-refractivity contribution is 0.191. The summed E-state index contributed by atoms with van der Waals surface area (Å²) in [4.78, 5) is 0. The molecule has 2 atom stereocenters. The van der Waals surface area contributed by atoms with Crippen LogP contribution in [0, 0.1) is 12.8 Å². The van der Waals surface area contributed by atoms with Crippen LogP contribution in [0.15, 0.2) is 47.7 Å². The summed E-state index contributed by atoms with van der Waals surface area (Å²) in [6.45, 7) is 14.5. The average molecular weight is 296 g/mol. The van der Waals surface area contributed by atoms with Crippen LogP contribution in [-0.4, -0.2) is 17.8 Å². The predicted octanol–water partition coefficient (Wildman–Crippen LogP) is 5.41. The molecule has 1 aromatic carbocycles. The predicted molar refractivity (Wildman–Crippen MR) is 96.8 cm³/mol. The van der Waals surface area contributed by atoms with Gasteiger partial charge in [-0.1, -0.05) is 56.2 Å². The first kappa shape index (κ1) is 16.5. The quantitative estimate of drug-likeness (QED) is 0.403. The monoisotopic (exact) mass is 296 g/mol. The Morgan fingerprint density at radius 2 is 1.95 bits per heavy atom. The van der Waals surface area contributed by atoms with Crippen LogP contribution in [-0.2, 0) is 0 Å². The van der Waals surface area contributed by atoms with Crippen molar-refractivity contribution in [1.29, 1.82) is 0 Å². The molecule has 1 saturated carbocycles. The maximum Gasteiger partial charge on any atom is 0.0521 e. The molecule has 2 nitrogen and oxygen atoms in total. The van der Waals surface area contributed by atoms with Gasteiger partial charge in [-0.15, -0.1) is 0 Å². The summed E-state index contributed by atoms with van der Waals surface area (Å²) in [6, 6.07) is 8.98. The van der Waals surface area contributed by atoms with Crippen LogP contribution in [0.4, 0.5) is 0 Å². The van der Waals surface area contributed by atoms with Crippen molar-refractivity contribution in [2.75, 3.05) is 0 Å². The summed E-state index contributed by atoms with van der Waals surface area (Å²) in [6.07, 6.45) is 7.12. The van der Waals surface area contributed by atoms with Crippen molar-refractivity contribution >= 4 is 12.3 Å². The second kappa shape index (κ2) is 7.44. The Labute approximate surface area is 135 Å². The van der Waals surface area contributed by atoms with Crippen molar-refractivity contribution in [3.05, 3.63) is 53.7 Å². The normalized spacial score (nSPS) is 22.2. The van der Waals surface area contributed by atoms with E-state index in [2.05, 4.69) is 69.6 Å². The Morgan fingerprint density at radius 1 is 1.27 bits per heavy atom. The molecule has 2 heteroatoms. The fourth-order valence-electron chi connectivity index (χ4n) is 3.16. The van der Waals surface area contributed by atoms with E-state index in [1.165, 1.54) is 36.8 Å². The van der Waals surface area contributed by atoms with E-state index in [9.17, 15) is 0 Å². The zero-order valence-electron chi connectivity index (χ0n) is 14.2. The van der Waals surface area contributed by atoms with Gasteiger partial charge in [0.05, 0.1) is 6.04 Å². The van der Waals surface area contributed by atoms with Gasteiger partial charge in [-0.25, -0.2) is 0 Å². The van der Waals surface area contributed by atoms with E-state index in [0.29, 0.717) is 6.04 Å². The second-order valence-electron chi connectivity index (χ2n) is 6.60. The molecular weight excluding hydrogens is 268 g/mol. The van der Waals surface area contributed by atoms with Gasteiger partial charge in [-0.2, -0.15) is 5.10 Å². The summed E-state index contributed by atoms with van der Waals surface area (Å²) < 4.78 is 0. The molecule has 0 heterocycles. The molecule has 0 aliphatic heterocycles. The van der Waals surface area contributed by atoms with Crippen molar-refractivity contribution in [3.63, 3.8) is 0 Å². The van der Waals surface area contributed by atoms with Gasteiger partial charge in [-0.3, -0.25) is 5.01 Å². The number of rotatable bonds is 5. The molecule has 0 saturated heterocycles. The van der Waals surface area contributed by atoms with Crippen LogP contribution in [0.1, 0.15) is 50.7 Å². The smallest absolute Gasteiger partial charge is 0.0521 e. The number of hydrazone groups is 1. The Bertz CT molecular complexity index is 554. The molecule has 118 valence electrons. The minimum absolute atomic E-state index is 0.474. The second-order valence-corrected chi connectivity index (χ2v) is 6.60. The fourth-order valence-corrected chi connectivity index (χ4v) is 3.16. The molecule has 2 unspecified atom stereocenters. The van der Waals surface area contributed by atoms with Crippen molar-refractivity contribution in [3.8, 4) is 0 Å². The molecule has 0 spiro atoms. The fraction of sp³-hybridized carbons (Fsp3) is 0.450. The molecule has 1 aromatic rings. The first-order valence-corrected chi connectivity index (χ1v) is 8.21. The largest absolute Gasteiger partial charge is 0.270 e. The number of hydrogen-bond acceptors (Lipinski definition) is 2. The van der Waals surface area contributed by atoms with Crippen LogP contribution in [0.5, 0.6) is 0 Å². The highest BCUT2D eigenvalue weighted by molar-refractivity contribution is 5.76. The molecule has 1 aliphatic carbocycles. The highest BCUT2D eigenvalue weighted by atomic mass is 15.4. The topological polar surface area (TPSA) is 15.6 Å². The lowest BCUT2D eigenvalue weighted by atomic mass is 9.87. The molecular formula is C20H28N2. The van der Waals surface area contributed by atoms with Crippen LogP contribution < -0.4 is 0 Å². The highest BCUT2D eigenvalue weighted by Gasteiger charge is 2.22. The molecule has 2 rings (SSSR count). The van der Waals surface area contributed by atoms with E-state index in [4.69, 9.17) is 0 Å². The van der Waals surface area contributed by atoms with E-state index < -0.39 is 0 Å².